The highest BCUT2D eigenvalue weighted by Crippen LogP contribution is 2.39. The van der Waals surface area contributed by atoms with Crippen molar-refractivity contribution in [2.24, 2.45) is 5.73 Å². The van der Waals surface area contributed by atoms with Crippen molar-refractivity contribution in [1.82, 2.24) is 0 Å². The van der Waals surface area contributed by atoms with Gasteiger partial charge in [-0.05, 0) is 40.3 Å². The van der Waals surface area contributed by atoms with E-state index in [1.165, 1.54) is 22.6 Å². The summed E-state index contributed by atoms with van der Waals surface area (Å²) in [6, 6.07) is 0.734. The maximum atomic E-state index is 12.5. The van der Waals surface area contributed by atoms with Gasteiger partial charge in [-0.25, -0.2) is 0 Å². The average molecular weight is 369 g/mol. The molecule has 0 aliphatic rings. The van der Waals surface area contributed by atoms with Crippen LogP contribution in [0.5, 0.6) is 0 Å². The van der Waals surface area contributed by atoms with E-state index in [1.54, 1.807) is 0 Å². The Kier molecular flexibility index (Phi) is 3.97. The van der Waals surface area contributed by atoms with Crippen LogP contribution >= 0.6 is 22.6 Å². The molecule has 0 radical (unpaired) electrons. The van der Waals surface area contributed by atoms with Crippen LogP contribution in [0.25, 0.3) is 0 Å². The molecule has 1 aromatic carbocycles. The lowest BCUT2D eigenvalue weighted by Gasteiger charge is -2.16. The molecule has 1 rings (SSSR count). The zero-order valence-corrected chi connectivity index (χ0v) is 10.2. The van der Waals surface area contributed by atoms with Crippen molar-refractivity contribution in [3.63, 3.8) is 0 Å². The molecule has 1 nitrogen and oxygen atoms in total. The fourth-order valence-corrected chi connectivity index (χ4v) is 2.04. The summed E-state index contributed by atoms with van der Waals surface area (Å²) in [5.41, 5.74) is 2.31. The van der Waals surface area contributed by atoms with Crippen molar-refractivity contribution in [3.8, 4) is 0 Å². The van der Waals surface area contributed by atoms with Gasteiger partial charge in [-0.3, -0.25) is 0 Å². The number of rotatable bonds is 1. The van der Waals surface area contributed by atoms with Crippen LogP contribution in [0.2, 0.25) is 0 Å². The molecule has 0 fully saturated rings. The monoisotopic (exact) mass is 369 g/mol. The number of nitrogens with two attached hydrogens (primary N) is 1. The fraction of sp³-hybridized carbons (Fsp3) is 0.333. The molecule has 0 saturated carbocycles. The molecule has 0 aliphatic carbocycles. The molecular formula is C9H6F6IN. The average Bonchev–Trinajstić information content (AvgIpc) is 2.14. The molecule has 0 amide bonds. The molecule has 0 atom stereocenters. The molecule has 17 heavy (non-hydrogen) atoms. The van der Waals surface area contributed by atoms with Crippen LogP contribution in [-0.4, -0.2) is 0 Å². The Balaban J connectivity index is 3.50. The number of benzene rings is 1. The van der Waals surface area contributed by atoms with Crippen LogP contribution in [-0.2, 0) is 18.9 Å². The SMILES string of the molecule is NCc1cc(C(F)(F)F)cc(C(F)(F)F)c1I. The summed E-state index contributed by atoms with van der Waals surface area (Å²) < 4.78 is 74.4. The zero-order chi connectivity index (χ0) is 13.4. The van der Waals surface area contributed by atoms with E-state index < -0.39 is 23.5 Å². The van der Waals surface area contributed by atoms with Crippen LogP contribution < -0.4 is 5.73 Å². The first-order valence-corrected chi connectivity index (χ1v) is 5.32. The van der Waals surface area contributed by atoms with Gasteiger partial charge in [-0.2, -0.15) is 26.3 Å². The summed E-state index contributed by atoms with van der Waals surface area (Å²) >= 11 is 1.34. The topological polar surface area (TPSA) is 26.0 Å². The summed E-state index contributed by atoms with van der Waals surface area (Å²) in [6.45, 7) is -0.384. The van der Waals surface area contributed by atoms with Gasteiger partial charge in [0.15, 0.2) is 0 Å². The third kappa shape index (κ3) is 3.24. The molecule has 96 valence electrons. The first-order chi connectivity index (χ1) is 7.57. The van der Waals surface area contributed by atoms with Gasteiger partial charge < -0.3 is 5.73 Å². The highest BCUT2D eigenvalue weighted by Gasteiger charge is 2.38. The summed E-state index contributed by atoms with van der Waals surface area (Å²) in [7, 11) is 0. The molecule has 0 saturated heterocycles. The van der Waals surface area contributed by atoms with E-state index in [0.717, 1.165) is 0 Å². The minimum absolute atomic E-state index is 0.0981. The summed E-state index contributed by atoms with van der Waals surface area (Å²) in [6.07, 6.45) is -9.66. The summed E-state index contributed by atoms with van der Waals surface area (Å²) in [5, 5.41) is 0. The second-order valence-electron chi connectivity index (χ2n) is 3.20. The normalized spacial score (nSPS) is 12.9. The highest BCUT2D eigenvalue weighted by molar-refractivity contribution is 14.1. The summed E-state index contributed by atoms with van der Waals surface area (Å²) in [5.74, 6) is 0. The van der Waals surface area contributed by atoms with E-state index in [2.05, 4.69) is 0 Å². The van der Waals surface area contributed by atoms with Crippen LogP contribution in [0.4, 0.5) is 26.3 Å². The van der Waals surface area contributed by atoms with Crippen molar-refractivity contribution in [2.75, 3.05) is 0 Å². The van der Waals surface area contributed by atoms with E-state index in [4.69, 9.17) is 5.73 Å². The maximum Gasteiger partial charge on any atom is 0.417 e. The lowest BCUT2D eigenvalue weighted by atomic mass is 10.0. The summed E-state index contributed by atoms with van der Waals surface area (Å²) in [4.78, 5) is 0. The Morgan fingerprint density at radius 3 is 1.88 bits per heavy atom. The maximum absolute atomic E-state index is 12.5. The number of alkyl halides is 6. The van der Waals surface area contributed by atoms with Crippen molar-refractivity contribution < 1.29 is 26.3 Å². The van der Waals surface area contributed by atoms with Gasteiger partial charge in [-0.1, -0.05) is 0 Å². The predicted octanol–water partition coefficient (Wildman–Crippen LogP) is 3.79. The lowest BCUT2D eigenvalue weighted by molar-refractivity contribution is -0.143. The first-order valence-electron chi connectivity index (χ1n) is 4.24. The second-order valence-corrected chi connectivity index (χ2v) is 4.28. The highest BCUT2D eigenvalue weighted by atomic mass is 127. The Morgan fingerprint density at radius 1 is 1.00 bits per heavy atom. The van der Waals surface area contributed by atoms with Crippen molar-refractivity contribution in [3.05, 3.63) is 32.4 Å². The largest absolute Gasteiger partial charge is 0.417 e. The molecule has 8 heteroatoms. The van der Waals surface area contributed by atoms with Crippen LogP contribution in [0.3, 0.4) is 0 Å². The van der Waals surface area contributed by atoms with E-state index in [0.29, 0.717) is 6.07 Å². The molecule has 0 unspecified atom stereocenters. The minimum atomic E-state index is -4.83. The van der Waals surface area contributed by atoms with Crippen molar-refractivity contribution >= 4 is 22.6 Å². The van der Waals surface area contributed by atoms with Gasteiger partial charge in [0.1, 0.15) is 0 Å². The smallest absolute Gasteiger partial charge is 0.326 e. The van der Waals surface area contributed by atoms with Gasteiger partial charge in [0.05, 0.1) is 11.1 Å². The third-order valence-electron chi connectivity index (χ3n) is 2.00. The van der Waals surface area contributed by atoms with Crippen LogP contribution in [0.1, 0.15) is 16.7 Å². The van der Waals surface area contributed by atoms with Gasteiger partial charge in [0.2, 0.25) is 0 Å². The van der Waals surface area contributed by atoms with E-state index in [9.17, 15) is 26.3 Å². The molecule has 2 N–H and O–H groups in total. The molecular weight excluding hydrogens is 363 g/mol. The molecule has 0 heterocycles. The van der Waals surface area contributed by atoms with E-state index in [1.807, 2.05) is 0 Å². The fourth-order valence-electron chi connectivity index (χ4n) is 1.20. The first kappa shape index (κ1) is 14.6. The molecule has 0 aliphatic heterocycles. The van der Waals surface area contributed by atoms with E-state index in [-0.39, 0.29) is 21.7 Å². The Labute approximate surface area is 106 Å². The molecule has 0 aromatic heterocycles. The quantitative estimate of drug-likeness (QED) is 0.592. The number of hydrogen-bond acceptors (Lipinski definition) is 1. The second kappa shape index (κ2) is 4.63. The standard InChI is InChI=1S/C9H6F6IN/c10-8(11,12)5-1-4(3-17)7(16)6(2-5)9(13,14)15/h1-2H,3,17H2. The Morgan fingerprint density at radius 2 is 1.53 bits per heavy atom. The van der Waals surface area contributed by atoms with E-state index >= 15 is 0 Å². The van der Waals surface area contributed by atoms with Crippen molar-refractivity contribution in [2.45, 2.75) is 18.9 Å². The molecule has 0 bridgehead atoms. The van der Waals surface area contributed by atoms with Gasteiger partial charge in [-0.15, -0.1) is 0 Å². The Bertz CT molecular complexity index is 423. The van der Waals surface area contributed by atoms with Gasteiger partial charge >= 0.3 is 12.4 Å². The zero-order valence-electron chi connectivity index (χ0n) is 8.08. The van der Waals surface area contributed by atoms with Crippen molar-refractivity contribution in [1.29, 1.82) is 0 Å². The Hall–Kier alpha value is -0.510. The number of halogens is 7. The molecule has 1 aromatic rings. The van der Waals surface area contributed by atoms with Crippen LogP contribution in [0.15, 0.2) is 12.1 Å². The predicted molar refractivity (Wildman–Crippen MR) is 57.1 cm³/mol. The lowest BCUT2D eigenvalue weighted by Crippen LogP contribution is -2.15. The number of hydrogen-bond donors (Lipinski definition) is 1. The van der Waals surface area contributed by atoms with Gasteiger partial charge in [0.25, 0.3) is 0 Å². The third-order valence-corrected chi connectivity index (χ3v) is 3.27. The van der Waals surface area contributed by atoms with Gasteiger partial charge in [0, 0.05) is 10.1 Å². The molecule has 0 spiro atoms. The van der Waals surface area contributed by atoms with Crippen LogP contribution in [0, 0.1) is 3.57 Å². The minimum Gasteiger partial charge on any atom is -0.326 e.